The van der Waals surface area contributed by atoms with Gasteiger partial charge in [-0.1, -0.05) is 18.0 Å². The van der Waals surface area contributed by atoms with Gasteiger partial charge >= 0.3 is 6.03 Å². The molecule has 1 aromatic carbocycles. The lowest BCUT2D eigenvalue weighted by atomic mass is 10.2. The maximum atomic E-state index is 12.1. The Morgan fingerprint density at radius 3 is 2.50 bits per heavy atom. The summed E-state index contributed by atoms with van der Waals surface area (Å²) < 4.78 is 0. The first-order chi connectivity index (χ1) is 9.61. The maximum Gasteiger partial charge on any atom is 0.321 e. The number of amides is 2. The van der Waals surface area contributed by atoms with Crippen molar-refractivity contribution in [3.05, 3.63) is 29.8 Å². The fraction of sp³-hybridized carbons (Fsp3) is 0.429. The van der Waals surface area contributed by atoms with Gasteiger partial charge in [-0.25, -0.2) is 4.79 Å². The van der Waals surface area contributed by atoms with E-state index >= 15 is 0 Å². The van der Waals surface area contributed by atoms with Crippen LogP contribution in [0.15, 0.2) is 29.4 Å². The van der Waals surface area contributed by atoms with E-state index in [1.54, 1.807) is 36.2 Å². The smallest absolute Gasteiger partial charge is 0.321 e. The van der Waals surface area contributed by atoms with Crippen LogP contribution in [-0.2, 0) is 0 Å². The van der Waals surface area contributed by atoms with Crippen molar-refractivity contribution in [2.45, 2.75) is 31.7 Å². The van der Waals surface area contributed by atoms with Crippen LogP contribution in [0.2, 0.25) is 0 Å². The summed E-state index contributed by atoms with van der Waals surface area (Å²) in [6, 6.07) is 7.14. The Morgan fingerprint density at radius 2 is 1.95 bits per heavy atom. The van der Waals surface area contributed by atoms with Gasteiger partial charge in [-0.05, 0) is 37.1 Å². The van der Waals surface area contributed by atoms with Crippen LogP contribution < -0.4 is 16.0 Å². The van der Waals surface area contributed by atoms with Gasteiger partial charge in [-0.2, -0.15) is 0 Å². The molecule has 0 aromatic heterocycles. The van der Waals surface area contributed by atoms with Gasteiger partial charge in [0.2, 0.25) is 0 Å². The largest absolute Gasteiger partial charge is 0.409 e. The lowest BCUT2D eigenvalue weighted by Crippen LogP contribution is -2.42. The molecule has 108 valence electrons. The van der Waals surface area contributed by atoms with Gasteiger partial charge in [0.1, 0.15) is 0 Å². The predicted octanol–water partition coefficient (Wildman–Crippen LogP) is 1.87. The topological polar surface area (TPSA) is 91.0 Å². The van der Waals surface area contributed by atoms with E-state index in [4.69, 9.17) is 10.9 Å². The number of urea groups is 1. The highest BCUT2D eigenvalue weighted by atomic mass is 16.4. The Hall–Kier alpha value is -2.24. The van der Waals surface area contributed by atoms with Crippen LogP contribution in [-0.4, -0.2) is 30.2 Å². The number of nitrogens with one attached hydrogen (secondary N) is 1. The third kappa shape index (κ3) is 3.20. The summed E-state index contributed by atoms with van der Waals surface area (Å²) in [7, 11) is 1.72. The van der Waals surface area contributed by atoms with Crippen molar-refractivity contribution < 1.29 is 10.0 Å². The van der Waals surface area contributed by atoms with E-state index in [0.717, 1.165) is 18.5 Å². The molecule has 0 atom stereocenters. The SMILES string of the molecule is CN(C(=O)NC1CCCC1)c1ccc(/C(N)=N/O)cc1. The summed E-state index contributed by atoms with van der Waals surface area (Å²) in [4.78, 5) is 13.7. The van der Waals surface area contributed by atoms with E-state index in [1.165, 1.54) is 12.8 Å². The number of benzene rings is 1. The van der Waals surface area contributed by atoms with E-state index in [9.17, 15) is 4.79 Å². The Bertz CT molecular complexity index is 492. The molecule has 1 saturated carbocycles. The molecule has 1 fully saturated rings. The predicted molar refractivity (Wildman–Crippen MR) is 78.1 cm³/mol. The van der Waals surface area contributed by atoms with E-state index in [2.05, 4.69) is 10.5 Å². The van der Waals surface area contributed by atoms with Crippen LogP contribution in [0.5, 0.6) is 0 Å². The fourth-order valence-corrected chi connectivity index (χ4v) is 2.37. The average molecular weight is 276 g/mol. The molecule has 6 heteroatoms. The summed E-state index contributed by atoms with van der Waals surface area (Å²) in [6.07, 6.45) is 4.48. The van der Waals surface area contributed by atoms with Gasteiger partial charge in [0.05, 0.1) is 0 Å². The fourth-order valence-electron chi connectivity index (χ4n) is 2.37. The summed E-state index contributed by atoms with van der Waals surface area (Å²) in [6.45, 7) is 0. The number of anilines is 1. The summed E-state index contributed by atoms with van der Waals surface area (Å²) in [5.74, 6) is 0.0506. The van der Waals surface area contributed by atoms with Crippen LogP contribution in [0, 0.1) is 0 Å². The van der Waals surface area contributed by atoms with Crippen LogP contribution >= 0.6 is 0 Å². The number of nitrogens with zero attached hydrogens (tertiary/aromatic N) is 2. The molecule has 6 nitrogen and oxygen atoms in total. The zero-order valence-corrected chi connectivity index (χ0v) is 11.5. The van der Waals surface area contributed by atoms with Gasteiger partial charge in [0, 0.05) is 24.3 Å². The van der Waals surface area contributed by atoms with Crippen molar-refractivity contribution in [3.63, 3.8) is 0 Å². The second-order valence-electron chi connectivity index (χ2n) is 5.02. The quantitative estimate of drug-likeness (QED) is 0.340. The standard InChI is InChI=1S/C14H20N4O2/c1-18(14(19)16-11-4-2-3-5-11)12-8-6-10(7-9-12)13(15)17-20/h6-9,11,20H,2-5H2,1H3,(H2,15,17)(H,16,19). The number of hydrogen-bond acceptors (Lipinski definition) is 3. The molecular formula is C14H20N4O2. The normalized spacial score (nSPS) is 16.1. The number of hydrogen-bond donors (Lipinski definition) is 3. The number of amidine groups is 1. The second kappa shape index (κ2) is 6.27. The van der Waals surface area contributed by atoms with Gasteiger partial charge < -0.3 is 16.3 Å². The van der Waals surface area contributed by atoms with E-state index in [1.807, 2.05) is 0 Å². The molecule has 4 N–H and O–H groups in total. The van der Waals surface area contributed by atoms with Crippen molar-refractivity contribution in [1.29, 1.82) is 0 Å². The number of rotatable bonds is 3. The van der Waals surface area contributed by atoms with Crippen LogP contribution in [0.4, 0.5) is 10.5 Å². The first-order valence-electron chi connectivity index (χ1n) is 6.74. The van der Waals surface area contributed by atoms with E-state index < -0.39 is 0 Å². The second-order valence-corrected chi connectivity index (χ2v) is 5.02. The third-order valence-corrected chi connectivity index (χ3v) is 3.65. The molecule has 1 aromatic rings. The highest BCUT2D eigenvalue weighted by Crippen LogP contribution is 2.19. The molecule has 0 bridgehead atoms. The summed E-state index contributed by atoms with van der Waals surface area (Å²) >= 11 is 0. The van der Waals surface area contributed by atoms with Gasteiger partial charge in [0.15, 0.2) is 5.84 Å². The molecule has 0 spiro atoms. The van der Waals surface area contributed by atoms with E-state index in [-0.39, 0.29) is 11.9 Å². The molecular weight excluding hydrogens is 256 g/mol. The average Bonchev–Trinajstić information content (AvgIpc) is 2.98. The number of carbonyl (C=O) groups is 1. The van der Waals surface area contributed by atoms with Crippen molar-refractivity contribution >= 4 is 17.6 Å². The molecule has 2 amide bonds. The zero-order valence-electron chi connectivity index (χ0n) is 11.5. The van der Waals surface area contributed by atoms with Crippen molar-refractivity contribution in [2.24, 2.45) is 10.9 Å². The van der Waals surface area contributed by atoms with Crippen LogP contribution in [0.3, 0.4) is 0 Å². The molecule has 20 heavy (non-hydrogen) atoms. The minimum Gasteiger partial charge on any atom is -0.409 e. The van der Waals surface area contributed by atoms with Crippen LogP contribution in [0.1, 0.15) is 31.2 Å². The van der Waals surface area contributed by atoms with Crippen LogP contribution in [0.25, 0.3) is 0 Å². The monoisotopic (exact) mass is 276 g/mol. The number of carbonyl (C=O) groups excluding carboxylic acids is 1. The summed E-state index contributed by atoms with van der Waals surface area (Å²) in [5, 5.41) is 14.6. The zero-order chi connectivity index (χ0) is 14.5. The number of nitrogens with two attached hydrogens (primary N) is 1. The van der Waals surface area contributed by atoms with Crippen molar-refractivity contribution in [3.8, 4) is 0 Å². The number of oxime groups is 1. The van der Waals surface area contributed by atoms with Crippen molar-refractivity contribution in [1.82, 2.24) is 5.32 Å². The lowest BCUT2D eigenvalue weighted by Gasteiger charge is -2.21. The first kappa shape index (κ1) is 14.2. The summed E-state index contributed by atoms with van der Waals surface area (Å²) in [5.41, 5.74) is 6.87. The Kier molecular flexibility index (Phi) is 4.45. The lowest BCUT2D eigenvalue weighted by molar-refractivity contribution is 0.244. The Labute approximate surface area is 118 Å². The molecule has 0 saturated heterocycles. The van der Waals surface area contributed by atoms with Gasteiger partial charge in [-0.15, -0.1) is 0 Å². The maximum absolute atomic E-state index is 12.1. The Morgan fingerprint density at radius 1 is 1.35 bits per heavy atom. The molecule has 1 aliphatic rings. The molecule has 0 radical (unpaired) electrons. The Balaban J connectivity index is 2.00. The highest BCUT2D eigenvalue weighted by Gasteiger charge is 2.19. The molecule has 0 unspecified atom stereocenters. The first-order valence-corrected chi connectivity index (χ1v) is 6.74. The molecule has 0 heterocycles. The van der Waals surface area contributed by atoms with Gasteiger partial charge in [0.25, 0.3) is 0 Å². The minimum absolute atomic E-state index is 0.0506. The minimum atomic E-state index is -0.103. The molecule has 1 aliphatic carbocycles. The molecule has 0 aliphatic heterocycles. The molecule has 2 rings (SSSR count). The van der Waals surface area contributed by atoms with E-state index in [0.29, 0.717) is 11.6 Å². The highest BCUT2D eigenvalue weighted by molar-refractivity contribution is 5.98. The van der Waals surface area contributed by atoms with Gasteiger partial charge in [-0.3, -0.25) is 4.90 Å². The van der Waals surface area contributed by atoms with Crippen molar-refractivity contribution in [2.75, 3.05) is 11.9 Å². The third-order valence-electron chi connectivity index (χ3n) is 3.65.